The smallest absolute Gasteiger partial charge is 0.410 e. The molecule has 0 aliphatic carbocycles. The Morgan fingerprint density at radius 2 is 2.07 bits per heavy atom. The summed E-state index contributed by atoms with van der Waals surface area (Å²) in [5.74, 6) is 0. The fourth-order valence-electron chi connectivity index (χ4n) is 1.02. The summed E-state index contributed by atoms with van der Waals surface area (Å²) in [6, 6.07) is 4.24. The molecule has 0 saturated carbocycles. The van der Waals surface area contributed by atoms with E-state index in [9.17, 15) is 13.2 Å². The van der Waals surface area contributed by atoms with Crippen LogP contribution >= 0.6 is 0 Å². The van der Waals surface area contributed by atoms with Crippen molar-refractivity contribution in [1.29, 1.82) is 0 Å². The van der Waals surface area contributed by atoms with Gasteiger partial charge >= 0.3 is 6.18 Å². The summed E-state index contributed by atoms with van der Waals surface area (Å²) in [5.41, 5.74) is -1.50. The van der Waals surface area contributed by atoms with Crippen molar-refractivity contribution in [1.82, 2.24) is 0 Å². The molecule has 0 aliphatic heterocycles. The Morgan fingerprint density at radius 3 is 2.50 bits per heavy atom. The SMILES string of the molecule is C[n+]1ccccc1/C(=N\O)C(F)(F)F. The van der Waals surface area contributed by atoms with Gasteiger partial charge in [-0.1, -0.05) is 5.16 Å². The average Bonchev–Trinajstić information content (AvgIpc) is 2.07. The Hall–Kier alpha value is -1.59. The van der Waals surface area contributed by atoms with E-state index in [1.165, 1.54) is 29.9 Å². The minimum atomic E-state index is -4.66. The Labute approximate surface area is 78.1 Å². The first-order valence-corrected chi connectivity index (χ1v) is 3.71. The maximum Gasteiger partial charge on any atom is 0.443 e. The lowest BCUT2D eigenvalue weighted by molar-refractivity contribution is -0.673. The molecule has 1 heterocycles. The third-order valence-corrected chi connectivity index (χ3v) is 1.67. The van der Waals surface area contributed by atoms with E-state index in [0.717, 1.165) is 0 Å². The van der Waals surface area contributed by atoms with Crippen LogP contribution in [0.1, 0.15) is 5.69 Å². The van der Waals surface area contributed by atoms with Crippen LogP contribution in [0.5, 0.6) is 0 Å². The monoisotopic (exact) mass is 205 g/mol. The summed E-state index contributed by atoms with van der Waals surface area (Å²) in [6.07, 6.45) is -3.22. The van der Waals surface area contributed by atoms with Gasteiger partial charge in [0, 0.05) is 12.1 Å². The summed E-state index contributed by atoms with van der Waals surface area (Å²) in [7, 11) is 1.44. The first-order chi connectivity index (χ1) is 6.46. The molecule has 1 N–H and O–H groups in total. The molecule has 0 aliphatic rings. The van der Waals surface area contributed by atoms with E-state index in [-0.39, 0.29) is 5.69 Å². The van der Waals surface area contributed by atoms with Gasteiger partial charge in [0.25, 0.3) is 5.71 Å². The summed E-state index contributed by atoms with van der Waals surface area (Å²) in [4.78, 5) is 0. The summed E-state index contributed by atoms with van der Waals surface area (Å²) < 4.78 is 38.1. The van der Waals surface area contributed by atoms with E-state index in [0.29, 0.717) is 0 Å². The Kier molecular flexibility index (Phi) is 2.73. The van der Waals surface area contributed by atoms with Crippen LogP contribution in [-0.2, 0) is 7.05 Å². The van der Waals surface area contributed by atoms with Crippen molar-refractivity contribution in [2.45, 2.75) is 6.18 Å². The molecular formula is C8H8F3N2O+. The van der Waals surface area contributed by atoms with Crippen LogP contribution in [0.2, 0.25) is 0 Å². The number of oxime groups is 1. The van der Waals surface area contributed by atoms with Crippen LogP contribution in [0.4, 0.5) is 13.2 Å². The average molecular weight is 205 g/mol. The van der Waals surface area contributed by atoms with Crippen molar-refractivity contribution in [2.75, 3.05) is 0 Å². The zero-order chi connectivity index (χ0) is 10.8. The van der Waals surface area contributed by atoms with Crippen molar-refractivity contribution < 1.29 is 22.9 Å². The minimum Gasteiger partial charge on any atom is -0.410 e. The molecule has 1 aromatic rings. The van der Waals surface area contributed by atoms with Crippen molar-refractivity contribution in [3.63, 3.8) is 0 Å². The van der Waals surface area contributed by atoms with Gasteiger partial charge in [0.05, 0.1) is 0 Å². The highest BCUT2D eigenvalue weighted by molar-refractivity contribution is 6.01. The lowest BCUT2D eigenvalue weighted by atomic mass is 10.2. The molecule has 0 fully saturated rings. The number of aryl methyl sites for hydroxylation is 1. The normalized spacial score (nSPS) is 13.0. The van der Waals surface area contributed by atoms with Gasteiger partial charge in [-0.05, 0) is 6.07 Å². The van der Waals surface area contributed by atoms with Gasteiger partial charge in [0.1, 0.15) is 7.05 Å². The maximum absolute atomic E-state index is 12.3. The molecule has 0 radical (unpaired) electrons. The third kappa shape index (κ3) is 2.01. The van der Waals surface area contributed by atoms with Gasteiger partial charge in [-0.2, -0.15) is 17.7 Å². The van der Waals surface area contributed by atoms with E-state index in [4.69, 9.17) is 5.21 Å². The van der Waals surface area contributed by atoms with Gasteiger partial charge in [-0.15, -0.1) is 0 Å². The second kappa shape index (κ2) is 3.65. The molecule has 1 aromatic heterocycles. The summed E-state index contributed by atoms with van der Waals surface area (Å²) in [5, 5.41) is 10.6. The third-order valence-electron chi connectivity index (χ3n) is 1.67. The summed E-state index contributed by atoms with van der Waals surface area (Å²) in [6.45, 7) is 0. The highest BCUT2D eigenvalue weighted by Gasteiger charge is 2.42. The number of hydrogen-bond acceptors (Lipinski definition) is 2. The standard InChI is InChI=1S/C8H7F3N2O/c1-13-5-3-2-4-6(13)7(12-14)8(9,10)11/h2-5H,1H3/p+1. The van der Waals surface area contributed by atoms with Gasteiger partial charge in [0.2, 0.25) is 5.69 Å². The second-order valence-electron chi connectivity index (χ2n) is 2.64. The molecule has 0 spiro atoms. The maximum atomic E-state index is 12.3. The Bertz CT molecular complexity index is 360. The largest absolute Gasteiger partial charge is 0.443 e. The van der Waals surface area contributed by atoms with E-state index >= 15 is 0 Å². The molecule has 3 nitrogen and oxygen atoms in total. The molecule has 0 amide bonds. The van der Waals surface area contributed by atoms with E-state index in [1.54, 1.807) is 6.07 Å². The minimum absolute atomic E-state index is 0.192. The number of halogens is 3. The van der Waals surface area contributed by atoms with Crippen molar-refractivity contribution in [2.24, 2.45) is 12.2 Å². The van der Waals surface area contributed by atoms with Crippen LogP contribution in [0.15, 0.2) is 29.6 Å². The van der Waals surface area contributed by atoms with E-state index < -0.39 is 11.9 Å². The van der Waals surface area contributed by atoms with Gasteiger partial charge in [-0.25, -0.2) is 0 Å². The predicted octanol–water partition coefficient (Wildman–Crippen LogP) is 1.25. The Balaban J connectivity index is 3.23. The van der Waals surface area contributed by atoms with Gasteiger partial charge < -0.3 is 5.21 Å². The zero-order valence-corrected chi connectivity index (χ0v) is 7.28. The number of aromatic nitrogens is 1. The lowest BCUT2D eigenvalue weighted by Gasteiger charge is -2.05. The number of nitrogens with zero attached hydrogens (tertiary/aromatic N) is 2. The van der Waals surface area contributed by atoms with E-state index in [1.807, 2.05) is 0 Å². The second-order valence-corrected chi connectivity index (χ2v) is 2.64. The molecule has 6 heteroatoms. The fraction of sp³-hybridized carbons (Fsp3) is 0.250. The van der Waals surface area contributed by atoms with Crippen molar-refractivity contribution in [3.8, 4) is 0 Å². The predicted molar refractivity (Wildman–Crippen MR) is 42.0 cm³/mol. The molecule has 0 aromatic carbocycles. The van der Waals surface area contributed by atoms with Crippen LogP contribution in [-0.4, -0.2) is 17.1 Å². The van der Waals surface area contributed by atoms with Crippen molar-refractivity contribution in [3.05, 3.63) is 30.1 Å². The quantitative estimate of drug-likeness (QED) is 0.318. The molecule has 0 unspecified atom stereocenters. The fourth-order valence-corrected chi connectivity index (χ4v) is 1.02. The molecule has 1 rings (SSSR count). The topological polar surface area (TPSA) is 36.5 Å². The molecule has 0 saturated heterocycles. The molecule has 0 atom stereocenters. The molecular weight excluding hydrogens is 197 g/mol. The zero-order valence-electron chi connectivity index (χ0n) is 7.28. The van der Waals surface area contributed by atoms with Crippen molar-refractivity contribution >= 4 is 5.71 Å². The Morgan fingerprint density at radius 1 is 1.43 bits per heavy atom. The first kappa shape index (κ1) is 10.5. The van der Waals surface area contributed by atoms with Gasteiger partial charge in [-0.3, -0.25) is 0 Å². The lowest BCUT2D eigenvalue weighted by Crippen LogP contribution is -2.40. The number of alkyl halides is 3. The number of hydrogen-bond donors (Lipinski definition) is 1. The van der Waals surface area contributed by atoms with Crippen LogP contribution in [0.3, 0.4) is 0 Å². The molecule has 76 valence electrons. The highest BCUT2D eigenvalue weighted by Crippen LogP contribution is 2.20. The van der Waals surface area contributed by atoms with Crippen LogP contribution < -0.4 is 4.57 Å². The molecule has 14 heavy (non-hydrogen) atoms. The highest BCUT2D eigenvalue weighted by atomic mass is 19.4. The summed E-state index contributed by atoms with van der Waals surface area (Å²) >= 11 is 0. The van der Waals surface area contributed by atoms with Gasteiger partial charge in [0.15, 0.2) is 6.20 Å². The number of pyridine rings is 1. The first-order valence-electron chi connectivity index (χ1n) is 3.71. The number of rotatable bonds is 1. The van der Waals surface area contributed by atoms with Crippen LogP contribution in [0, 0.1) is 0 Å². The molecule has 0 bridgehead atoms. The van der Waals surface area contributed by atoms with E-state index in [2.05, 4.69) is 5.16 Å². The van der Waals surface area contributed by atoms with Crippen LogP contribution in [0.25, 0.3) is 0 Å².